The van der Waals surface area contributed by atoms with Crippen molar-refractivity contribution in [2.45, 2.75) is 18.8 Å². The number of halogens is 1. The van der Waals surface area contributed by atoms with Crippen LogP contribution in [-0.2, 0) is 0 Å². The van der Waals surface area contributed by atoms with Gasteiger partial charge in [-0.3, -0.25) is 0 Å². The Bertz CT molecular complexity index is 824. The molecular weight excluding hydrogens is 377 g/mol. The number of furan rings is 1. The van der Waals surface area contributed by atoms with Crippen molar-refractivity contribution in [1.29, 1.82) is 0 Å². The van der Waals surface area contributed by atoms with Crippen molar-refractivity contribution in [3.05, 3.63) is 39.8 Å². The highest BCUT2D eigenvalue weighted by molar-refractivity contribution is 14.1. The highest BCUT2D eigenvalue weighted by Gasteiger charge is 2.29. The molecule has 0 unspecified atom stereocenters. The summed E-state index contributed by atoms with van der Waals surface area (Å²) in [5, 5.41) is 4.24. The molecule has 1 saturated carbocycles. The molecule has 5 heteroatoms. The maximum atomic E-state index is 5.62. The summed E-state index contributed by atoms with van der Waals surface area (Å²) >= 11 is 2.34. The Kier molecular flexibility index (Phi) is 3.10. The molecule has 2 aromatic heterocycles. The third-order valence-electron chi connectivity index (χ3n) is 3.80. The molecule has 106 valence electrons. The van der Waals surface area contributed by atoms with E-state index in [1.807, 2.05) is 31.3 Å². The van der Waals surface area contributed by atoms with Crippen LogP contribution in [0.25, 0.3) is 22.4 Å². The van der Waals surface area contributed by atoms with Gasteiger partial charge in [-0.1, -0.05) is 18.2 Å². The molecule has 1 fully saturated rings. The van der Waals surface area contributed by atoms with E-state index in [9.17, 15) is 0 Å². The number of aromatic nitrogens is 2. The van der Waals surface area contributed by atoms with Crippen LogP contribution in [0.15, 0.2) is 34.9 Å². The molecule has 3 aromatic rings. The monoisotopic (exact) mass is 391 g/mol. The van der Waals surface area contributed by atoms with Crippen molar-refractivity contribution in [2.75, 3.05) is 12.4 Å². The van der Waals surface area contributed by atoms with Gasteiger partial charge < -0.3 is 9.73 Å². The second-order valence-electron chi connectivity index (χ2n) is 5.26. The lowest BCUT2D eigenvalue weighted by Crippen LogP contribution is -2.04. The summed E-state index contributed by atoms with van der Waals surface area (Å²) in [6.07, 6.45) is 4.20. The standard InChI is InChI=1S/C16H14IN3O/c1-18-16-13(17)14(9-6-7-9)19-15(20-16)11-8-21-12-5-3-2-4-10(11)12/h2-5,8-9H,6-7H2,1H3,(H,18,19,20). The summed E-state index contributed by atoms with van der Waals surface area (Å²) in [5.74, 6) is 2.23. The molecule has 0 atom stereocenters. The van der Waals surface area contributed by atoms with E-state index in [-0.39, 0.29) is 0 Å². The van der Waals surface area contributed by atoms with Gasteiger partial charge in [-0.05, 0) is 41.5 Å². The molecule has 2 heterocycles. The van der Waals surface area contributed by atoms with Gasteiger partial charge in [-0.25, -0.2) is 9.97 Å². The smallest absolute Gasteiger partial charge is 0.165 e. The van der Waals surface area contributed by atoms with Crippen LogP contribution in [0, 0.1) is 3.57 Å². The number of nitrogens with one attached hydrogen (secondary N) is 1. The molecule has 0 aliphatic heterocycles. The van der Waals surface area contributed by atoms with Crippen LogP contribution in [0.5, 0.6) is 0 Å². The molecular formula is C16H14IN3O. The van der Waals surface area contributed by atoms with Gasteiger partial charge in [0.2, 0.25) is 0 Å². The van der Waals surface area contributed by atoms with E-state index in [0.717, 1.165) is 37.4 Å². The van der Waals surface area contributed by atoms with E-state index in [2.05, 4.69) is 32.9 Å². The van der Waals surface area contributed by atoms with Crippen LogP contribution in [0.4, 0.5) is 5.82 Å². The summed E-state index contributed by atoms with van der Waals surface area (Å²) in [7, 11) is 1.90. The maximum Gasteiger partial charge on any atom is 0.165 e. The molecule has 0 bridgehead atoms. The van der Waals surface area contributed by atoms with E-state index in [0.29, 0.717) is 5.92 Å². The normalized spacial score (nSPS) is 14.6. The van der Waals surface area contributed by atoms with E-state index < -0.39 is 0 Å². The van der Waals surface area contributed by atoms with Gasteiger partial charge in [-0.2, -0.15) is 0 Å². The second kappa shape index (κ2) is 4.98. The van der Waals surface area contributed by atoms with Crippen molar-refractivity contribution in [3.63, 3.8) is 0 Å². The molecule has 0 spiro atoms. The molecule has 21 heavy (non-hydrogen) atoms. The molecule has 0 saturated heterocycles. The molecule has 0 radical (unpaired) electrons. The highest BCUT2D eigenvalue weighted by atomic mass is 127. The first-order valence-corrected chi connectivity index (χ1v) is 8.07. The minimum Gasteiger partial charge on any atom is -0.464 e. The molecule has 1 N–H and O–H groups in total. The minimum atomic E-state index is 0.587. The van der Waals surface area contributed by atoms with E-state index in [1.54, 1.807) is 6.26 Å². The number of nitrogens with zero attached hydrogens (tertiary/aromatic N) is 2. The number of benzene rings is 1. The number of fused-ring (bicyclic) bond motifs is 1. The fourth-order valence-electron chi connectivity index (χ4n) is 2.53. The van der Waals surface area contributed by atoms with Gasteiger partial charge >= 0.3 is 0 Å². The average Bonchev–Trinajstić information content (AvgIpc) is 3.27. The van der Waals surface area contributed by atoms with Gasteiger partial charge in [0.15, 0.2) is 5.82 Å². The topological polar surface area (TPSA) is 51.0 Å². The van der Waals surface area contributed by atoms with Crippen LogP contribution in [0.2, 0.25) is 0 Å². The molecule has 4 nitrogen and oxygen atoms in total. The third kappa shape index (κ3) is 2.19. The third-order valence-corrected chi connectivity index (χ3v) is 4.86. The zero-order chi connectivity index (χ0) is 14.4. The quantitative estimate of drug-likeness (QED) is 0.672. The predicted octanol–water partition coefficient (Wildman–Crippen LogP) is 4.41. The van der Waals surface area contributed by atoms with Crippen molar-refractivity contribution in [2.24, 2.45) is 0 Å². The van der Waals surface area contributed by atoms with Crippen molar-refractivity contribution < 1.29 is 4.42 Å². The van der Waals surface area contributed by atoms with Gasteiger partial charge in [-0.15, -0.1) is 0 Å². The lowest BCUT2D eigenvalue weighted by molar-refractivity contribution is 0.616. The summed E-state index contributed by atoms with van der Waals surface area (Å²) in [5.41, 5.74) is 2.99. The molecule has 4 rings (SSSR count). The van der Waals surface area contributed by atoms with Gasteiger partial charge in [0, 0.05) is 18.4 Å². The molecule has 1 aromatic carbocycles. The summed E-state index contributed by atoms with van der Waals surface area (Å²) in [4.78, 5) is 9.48. The van der Waals surface area contributed by atoms with Crippen LogP contribution in [0.1, 0.15) is 24.5 Å². The first kappa shape index (κ1) is 13.1. The fourth-order valence-corrected chi connectivity index (χ4v) is 3.48. The lowest BCUT2D eigenvalue weighted by atomic mass is 10.1. The van der Waals surface area contributed by atoms with Gasteiger partial charge in [0.05, 0.1) is 14.8 Å². The average molecular weight is 391 g/mol. The summed E-state index contributed by atoms with van der Waals surface area (Å²) in [6.45, 7) is 0. The molecule has 1 aliphatic carbocycles. The van der Waals surface area contributed by atoms with Crippen LogP contribution >= 0.6 is 22.6 Å². The first-order chi connectivity index (χ1) is 10.3. The second-order valence-corrected chi connectivity index (χ2v) is 6.34. The highest BCUT2D eigenvalue weighted by Crippen LogP contribution is 2.43. The van der Waals surface area contributed by atoms with Crippen molar-refractivity contribution >= 4 is 39.4 Å². The van der Waals surface area contributed by atoms with Crippen molar-refractivity contribution in [1.82, 2.24) is 9.97 Å². The Labute approximate surface area is 136 Å². The Morgan fingerprint density at radius 2 is 2.05 bits per heavy atom. The number of rotatable bonds is 3. The SMILES string of the molecule is CNc1nc(-c2coc3ccccc23)nc(C2CC2)c1I. The van der Waals surface area contributed by atoms with Crippen LogP contribution in [-0.4, -0.2) is 17.0 Å². The zero-order valence-electron chi connectivity index (χ0n) is 11.6. The van der Waals surface area contributed by atoms with Gasteiger partial charge in [0.25, 0.3) is 0 Å². The van der Waals surface area contributed by atoms with Gasteiger partial charge in [0.1, 0.15) is 17.7 Å². The lowest BCUT2D eigenvalue weighted by Gasteiger charge is -2.10. The van der Waals surface area contributed by atoms with E-state index in [1.165, 1.54) is 12.8 Å². The Hall–Kier alpha value is -1.63. The Morgan fingerprint density at radius 1 is 1.24 bits per heavy atom. The number of hydrogen-bond donors (Lipinski definition) is 1. The zero-order valence-corrected chi connectivity index (χ0v) is 13.7. The van der Waals surface area contributed by atoms with Crippen LogP contribution in [0.3, 0.4) is 0 Å². The first-order valence-electron chi connectivity index (χ1n) is 6.99. The van der Waals surface area contributed by atoms with E-state index >= 15 is 0 Å². The number of anilines is 1. The number of hydrogen-bond acceptors (Lipinski definition) is 4. The summed E-state index contributed by atoms with van der Waals surface area (Å²) < 4.78 is 6.75. The Balaban J connectivity index is 1.93. The maximum absolute atomic E-state index is 5.62. The predicted molar refractivity (Wildman–Crippen MR) is 91.5 cm³/mol. The fraction of sp³-hybridized carbons (Fsp3) is 0.250. The largest absolute Gasteiger partial charge is 0.464 e. The van der Waals surface area contributed by atoms with Crippen molar-refractivity contribution in [3.8, 4) is 11.4 Å². The van der Waals surface area contributed by atoms with E-state index in [4.69, 9.17) is 9.40 Å². The molecule has 1 aliphatic rings. The summed E-state index contributed by atoms with van der Waals surface area (Å²) in [6, 6.07) is 7.99. The van der Waals surface area contributed by atoms with Crippen LogP contribution < -0.4 is 5.32 Å². The molecule has 0 amide bonds. The number of para-hydroxylation sites is 1. The Morgan fingerprint density at radius 3 is 2.81 bits per heavy atom. The minimum absolute atomic E-state index is 0.587.